The van der Waals surface area contributed by atoms with Gasteiger partial charge in [-0.05, 0) is 38.4 Å². The number of benzene rings is 2. The second kappa shape index (κ2) is 13.8. The van der Waals surface area contributed by atoms with Crippen molar-refractivity contribution in [2.45, 2.75) is 18.3 Å². The predicted molar refractivity (Wildman–Crippen MR) is 121 cm³/mol. The maximum absolute atomic E-state index is 12.0. The molecule has 35 heavy (non-hydrogen) atoms. The summed E-state index contributed by atoms with van der Waals surface area (Å²) in [5.41, 5.74) is 0.0505. The SMILES string of the molecule is CN(C)CC1COCO1.O=C(OC(C(=O)O)C(OC(=O)c1ccccc1)C(=O)O)c1ccccc1. The molecule has 1 heterocycles. The number of carboxylic acids is 2. The summed E-state index contributed by atoms with van der Waals surface area (Å²) in [6.07, 6.45) is -4.14. The van der Waals surface area contributed by atoms with Crippen molar-refractivity contribution in [2.24, 2.45) is 0 Å². The molecule has 0 radical (unpaired) electrons. The van der Waals surface area contributed by atoms with Gasteiger partial charge in [0.15, 0.2) is 0 Å². The molecule has 1 saturated heterocycles. The highest BCUT2D eigenvalue weighted by atomic mass is 16.7. The zero-order valence-electron chi connectivity index (χ0n) is 19.2. The molecule has 0 saturated carbocycles. The molecule has 0 amide bonds. The van der Waals surface area contributed by atoms with Gasteiger partial charge in [-0.1, -0.05) is 36.4 Å². The van der Waals surface area contributed by atoms with E-state index in [1.807, 2.05) is 14.1 Å². The monoisotopic (exact) mass is 489 g/mol. The standard InChI is InChI=1S/C18H14O8.C6H13NO2/c19-15(20)13(25-17(23)11-7-3-1-4-8-11)14(16(21)22)26-18(24)12-9-5-2-6-10-12;1-7(2)3-6-4-8-5-9-6/h1-10,13-14H,(H,19,20)(H,21,22);6H,3-5H2,1-2H3. The highest BCUT2D eigenvalue weighted by molar-refractivity contribution is 5.95. The van der Waals surface area contributed by atoms with E-state index < -0.39 is 36.1 Å². The van der Waals surface area contributed by atoms with E-state index in [-0.39, 0.29) is 11.1 Å². The maximum Gasteiger partial charge on any atom is 0.349 e. The van der Waals surface area contributed by atoms with Crippen LogP contribution in [0.2, 0.25) is 0 Å². The first-order valence-electron chi connectivity index (χ1n) is 10.5. The summed E-state index contributed by atoms with van der Waals surface area (Å²) in [5.74, 6) is -5.63. The fourth-order valence-electron chi connectivity index (χ4n) is 2.88. The minimum Gasteiger partial charge on any atom is -0.478 e. The second-order valence-electron chi connectivity index (χ2n) is 7.60. The van der Waals surface area contributed by atoms with E-state index in [2.05, 4.69) is 4.90 Å². The lowest BCUT2D eigenvalue weighted by molar-refractivity contribution is -0.166. The molecule has 11 heteroatoms. The van der Waals surface area contributed by atoms with E-state index in [0.29, 0.717) is 12.9 Å². The zero-order chi connectivity index (χ0) is 25.8. The first-order valence-corrected chi connectivity index (χ1v) is 10.5. The van der Waals surface area contributed by atoms with Crippen molar-refractivity contribution in [2.75, 3.05) is 34.0 Å². The Balaban J connectivity index is 0.000000402. The van der Waals surface area contributed by atoms with Crippen molar-refractivity contribution < 1.29 is 48.3 Å². The van der Waals surface area contributed by atoms with Crippen LogP contribution in [0.3, 0.4) is 0 Å². The summed E-state index contributed by atoms with van der Waals surface area (Å²) in [6, 6.07) is 14.8. The molecule has 188 valence electrons. The van der Waals surface area contributed by atoms with Gasteiger partial charge in [0.2, 0.25) is 12.2 Å². The van der Waals surface area contributed by atoms with Crippen molar-refractivity contribution in [1.82, 2.24) is 4.90 Å². The van der Waals surface area contributed by atoms with Crippen LogP contribution >= 0.6 is 0 Å². The van der Waals surface area contributed by atoms with E-state index in [1.54, 1.807) is 12.1 Å². The lowest BCUT2D eigenvalue weighted by atomic mass is 10.1. The highest BCUT2D eigenvalue weighted by Gasteiger charge is 2.41. The topological polar surface area (TPSA) is 149 Å². The molecule has 1 aliphatic rings. The summed E-state index contributed by atoms with van der Waals surface area (Å²) in [5, 5.41) is 18.5. The molecular weight excluding hydrogens is 462 g/mol. The van der Waals surface area contributed by atoms with Crippen LogP contribution in [0, 0.1) is 0 Å². The number of ether oxygens (including phenoxy) is 4. The van der Waals surface area contributed by atoms with Crippen LogP contribution in [0.5, 0.6) is 0 Å². The van der Waals surface area contributed by atoms with Crippen molar-refractivity contribution in [1.29, 1.82) is 0 Å². The molecule has 0 aliphatic carbocycles. The minimum absolute atomic E-state index is 0.0253. The zero-order valence-corrected chi connectivity index (χ0v) is 19.2. The van der Waals surface area contributed by atoms with Gasteiger partial charge in [-0.2, -0.15) is 0 Å². The van der Waals surface area contributed by atoms with Gasteiger partial charge in [0, 0.05) is 6.54 Å². The van der Waals surface area contributed by atoms with Crippen LogP contribution in [0.4, 0.5) is 0 Å². The number of nitrogens with zero attached hydrogens (tertiary/aromatic N) is 1. The minimum atomic E-state index is -2.21. The number of hydrogen-bond donors (Lipinski definition) is 2. The number of hydrogen-bond acceptors (Lipinski definition) is 9. The average molecular weight is 489 g/mol. The molecule has 1 fully saturated rings. The number of likely N-dealkylation sites (N-methyl/N-ethyl adjacent to an activating group) is 1. The maximum atomic E-state index is 12.0. The van der Waals surface area contributed by atoms with Gasteiger partial charge in [-0.25, -0.2) is 19.2 Å². The molecule has 3 atom stereocenters. The predicted octanol–water partition coefficient (Wildman–Crippen LogP) is 1.53. The molecule has 11 nitrogen and oxygen atoms in total. The van der Waals surface area contributed by atoms with E-state index in [0.717, 1.165) is 13.2 Å². The molecule has 0 spiro atoms. The van der Waals surface area contributed by atoms with Crippen molar-refractivity contribution >= 4 is 23.9 Å². The molecule has 1 aliphatic heterocycles. The quantitative estimate of drug-likeness (QED) is 0.494. The van der Waals surface area contributed by atoms with E-state index >= 15 is 0 Å². The van der Waals surface area contributed by atoms with Crippen molar-refractivity contribution in [3.8, 4) is 0 Å². The van der Waals surface area contributed by atoms with Gasteiger partial charge >= 0.3 is 23.9 Å². The van der Waals surface area contributed by atoms with Crippen LogP contribution in [-0.2, 0) is 28.5 Å². The van der Waals surface area contributed by atoms with Gasteiger partial charge in [0.1, 0.15) is 6.79 Å². The Morgan fingerprint density at radius 2 is 1.29 bits per heavy atom. The Labute approximate surface area is 201 Å². The van der Waals surface area contributed by atoms with Crippen LogP contribution < -0.4 is 0 Å². The van der Waals surface area contributed by atoms with Crippen molar-refractivity contribution in [3.05, 3.63) is 71.8 Å². The van der Waals surface area contributed by atoms with Crippen molar-refractivity contribution in [3.63, 3.8) is 0 Å². The molecule has 3 unspecified atom stereocenters. The highest BCUT2D eigenvalue weighted by Crippen LogP contribution is 2.13. The van der Waals surface area contributed by atoms with E-state index in [9.17, 15) is 29.4 Å². The fourth-order valence-corrected chi connectivity index (χ4v) is 2.88. The number of carbonyl (C=O) groups is 4. The molecular formula is C24H27NO10. The van der Waals surface area contributed by atoms with Crippen LogP contribution in [0.15, 0.2) is 60.7 Å². The smallest absolute Gasteiger partial charge is 0.349 e. The molecule has 2 N–H and O–H groups in total. The number of carboxylic acid groups (broad SMARTS) is 2. The summed E-state index contributed by atoms with van der Waals surface area (Å²) in [7, 11) is 4.06. The summed E-state index contributed by atoms with van der Waals surface area (Å²) < 4.78 is 19.7. The number of carbonyl (C=O) groups excluding carboxylic acids is 2. The van der Waals surface area contributed by atoms with E-state index in [1.165, 1.54) is 48.5 Å². The van der Waals surface area contributed by atoms with Gasteiger partial charge < -0.3 is 34.1 Å². The molecule has 0 aromatic heterocycles. The Kier molecular flexibility index (Phi) is 10.8. The Hall–Kier alpha value is -3.80. The molecule has 2 aromatic carbocycles. The summed E-state index contributed by atoms with van der Waals surface area (Å²) in [4.78, 5) is 48.9. The average Bonchev–Trinajstić information content (AvgIpc) is 3.34. The second-order valence-corrected chi connectivity index (χ2v) is 7.60. The lowest BCUT2D eigenvalue weighted by Gasteiger charge is -2.21. The third-order valence-electron chi connectivity index (χ3n) is 4.51. The Morgan fingerprint density at radius 1 is 0.857 bits per heavy atom. The third kappa shape index (κ3) is 9.16. The lowest BCUT2D eigenvalue weighted by Crippen LogP contribution is -2.45. The van der Waals surface area contributed by atoms with Crippen LogP contribution in [0.25, 0.3) is 0 Å². The number of esters is 2. The largest absolute Gasteiger partial charge is 0.478 e. The number of aliphatic carboxylic acids is 2. The van der Waals surface area contributed by atoms with Crippen LogP contribution in [0.1, 0.15) is 20.7 Å². The first-order chi connectivity index (χ1) is 16.7. The molecule has 0 bridgehead atoms. The van der Waals surface area contributed by atoms with E-state index in [4.69, 9.17) is 18.9 Å². The first kappa shape index (κ1) is 27.4. The molecule has 2 aromatic rings. The number of rotatable bonds is 9. The van der Waals surface area contributed by atoms with Crippen LogP contribution in [-0.4, -0.2) is 91.3 Å². The third-order valence-corrected chi connectivity index (χ3v) is 4.51. The summed E-state index contributed by atoms with van der Waals surface area (Å²) >= 11 is 0. The Morgan fingerprint density at radius 3 is 1.60 bits per heavy atom. The van der Waals surface area contributed by atoms with Gasteiger partial charge in [-0.15, -0.1) is 0 Å². The van der Waals surface area contributed by atoms with Gasteiger partial charge in [0.25, 0.3) is 0 Å². The fraction of sp³-hybridized carbons (Fsp3) is 0.333. The molecule has 3 rings (SSSR count). The normalized spacial score (nSPS) is 16.4. The Bertz CT molecular complexity index is 905. The van der Waals surface area contributed by atoms with Gasteiger partial charge in [-0.3, -0.25) is 0 Å². The van der Waals surface area contributed by atoms with Gasteiger partial charge in [0.05, 0.1) is 23.8 Å². The summed E-state index contributed by atoms with van der Waals surface area (Å²) in [6.45, 7) is 2.18.